The SMILES string of the molecule is Cc1ccc(S(=O)(=O)C2CCCCCCC2=NO)cc1. The summed E-state index contributed by atoms with van der Waals surface area (Å²) in [5.74, 6) is 0. The van der Waals surface area contributed by atoms with Gasteiger partial charge in [-0.3, -0.25) is 0 Å². The lowest BCUT2D eigenvalue weighted by Crippen LogP contribution is -2.31. The summed E-state index contributed by atoms with van der Waals surface area (Å²) < 4.78 is 25.5. The average Bonchev–Trinajstić information content (AvgIpc) is 2.39. The predicted octanol–water partition coefficient (Wildman–Crippen LogP) is 3.32. The molecule has 0 heterocycles. The van der Waals surface area contributed by atoms with Crippen molar-refractivity contribution >= 4 is 15.5 Å². The number of nitrogens with zero attached hydrogens (tertiary/aromatic N) is 1. The van der Waals surface area contributed by atoms with E-state index < -0.39 is 15.1 Å². The molecule has 1 aliphatic rings. The number of sulfone groups is 1. The van der Waals surface area contributed by atoms with Crippen LogP contribution in [0.3, 0.4) is 0 Å². The molecule has 0 saturated heterocycles. The van der Waals surface area contributed by atoms with Crippen molar-refractivity contribution in [1.29, 1.82) is 0 Å². The summed E-state index contributed by atoms with van der Waals surface area (Å²) in [5.41, 5.74) is 1.43. The fraction of sp³-hybridized carbons (Fsp3) is 0.533. The molecule has 1 aromatic carbocycles. The molecule has 1 aliphatic carbocycles. The van der Waals surface area contributed by atoms with E-state index in [2.05, 4.69) is 5.16 Å². The first kappa shape index (κ1) is 15.0. The highest BCUT2D eigenvalue weighted by molar-refractivity contribution is 7.92. The second-order valence-corrected chi connectivity index (χ2v) is 7.52. The first-order chi connectivity index (χ1) is 9.55. The van der Waals surface area contributed by atoms with Gasteiger partial charge in [-0.05, 0) is 38.3 Å². The monoisotopic (exact) mass is 295 g/mol. The molecule has 5 heteroatoms. The van der Waals surface area contributed by atoms with Crippen LogP contribution in [0.1, 0.15) is 44.1 Å². The summed E-state index contributed by atoms with van der Waals surface area (Å²) in [7, 11) is -3.47. The molecule has 1 unspecified atom stereocenters. The van der Waals surface area contributed by atoms with Gasteiger partial charge in [0.1, 0.15) is 5.25 Å². The fourth-order valence-corrected chi connectivity index (χ4v) is 4.50. The Kier molecular flexibility index (Phi) is 4.81. The molecule has 0 radical (unpaired) electrons. The van der Waals surface area contributed by atoms with Gasteiger partial charge in [0.15, 0.2) is 9.84 Å². The molecule has 1 aromatic rings. The molecule has 1 fully saturated rings. The van der Waals surface area contributed by atoms with Crippen molar-refractivity contribution in [1.82, 2.24) is 0 Å². The maximum absolute atomic E-state index is 12.7. The highest BCUT2D eigenvalue weighted by Gasteiger charge is 2.32. The maximum atomic E-state index is 12.7. The van der Waals surface area contributed by atoms with Crippen LogP contribution in [0, 0.1) is 6.92 Å². The summed E-state index contributed by atoms with van der Waals surface area (Å²) in [6.45, 7) is 1.92. The van der Waals surface area contributed by atoms with Crippen LogP contribution < -0.4 is 0 Å². The molecule has 2 rings (SSSR count). The molecular formula is C15H21NO3S. The van der Waals surface area contributed by atoms with E-state index in [0.717, 1.165) is 31.2 Å². The summed E-state index contributed by atoms with van der Waals surface area (Å²) in [6.07, 6.45) is 4.95. The number of hydrogen-bond acceptors (Lipinski definition) is 4. The molecule has 1 N–H and O–H groups in total. The number of benzene rings is 1. The van der Waals surface area contributed by atoms with Crippen LogP contribution in [-0.4, -0.2) is 24.6 Å². The van der Waals surface area contributed by atoms with Gasteiger partial charge in [-0.1, -0.05) is 42.1 Å². The molecule has 0 amide bonds. The van der Waals surface area contributed by atoms with Crippen LogP contribution in [0.15, 0.2) is 34.3 Å². The minimum Gasteiger partial charge on any atom is -0.411 e. The molecule has 110 valence electrons. The number of hydrogen-bond donors (Lipinski definition) is 1. The van der Waals surface area contributed by atoms with Crippen LogP contribution in [0.2, 0.25) is 0 Å². The predicted molar refractivity (Wildman–Crippen MR) is 79.1 cm³/mol. The third kappa shape index (κ3) is 3.20. The van der Waals surface area contributed by atoms with Crippen molar-refractivity contribution in [2.75, 3.05) is 0 Å². The normalized spacial score (nSPS) is 23.2. The van der Waals surface area contributed by atoms with Crippen LogP contribution in [-0.2, 0) is 9.84 Å². The van der Waals surface area contributed by atoms with E-state index >= 15 is 0 Å². The van der Waals surface area contributed by atoms with E-state index in [4.69, 9.17) is 5.21 Å². The van der Waals surface area contributed by atoms with Gasteiger partial charge in [0, 0.05) is 0 Å². The third-order valence-corrected chi connectivity index (χ3v) is 6.06. The van der Waals surface area contributed by atoms with Crippen LogP contribution in [0.4, 0.5) is 0 Å². The fourth-order valence-electron chi connectivity index (χ4n) is 2.66. The van der Waals surface area contributed by atoms with Gasteiger partial charge in [0.05, 0.1) is 10.6 Å². The van der Waals surface area contributed by atoms with Gasteiger partial charge in [0.25, 0.3) is 0 Å². The molecule has 0 aliphatic heterocycles. The largest absolute Gasteiger partial charge is 0.411 e. The zero-order valence-electron chi connectivity index (χ0n) is 11.7. The Bertz CT molecular complexity index is 576. The van der Waals surface area contributed by atoms with E-state index in [9.17, 15) is 8.42 Å². The van der Waals surface area contributed by atoms with Crippen LogP contribution in [0.5, 0.6) is 0 Å². The van der Waals surface area contributed by atoms with Gasteiger partial charge in [0.2, 0.25) is 0 Å². The Labute approximate surface area is 120 Å². The van der Waals surface area contributed by atoms with Gasteiger partial charge in [-0.15, -0.1) is 0 Å². The topological polar surface area (TPSA) is 66.7 Å². The lowest BCUT2D eigenvalue weighted by atomic mass is 9.99. The highest BCUT2D eigenvalue weighted by Crippen LogP contribution is 2.26. The van der Waals surface area contributed by atoms with Crippen molar-refractivity contribution in [3.8, 4) is 0 Å². The zero-order valence-corrected chi connectivity index (χ0v) is 12.6. The zero-order chi connectivity index (χ0) is 14.6. The first-order valence-electron chi connectivity index (χ1n) is 7.07. The number of rotatable bonds is 2. The maximum Gasteiger partial charge on any atom is 0.186 e. The summed E-state index contributed by atoms with van der Waals surface area (Å²) in [5, 5.41) is 11.7. The second kappa shape index (κ2) is 6.39. The Balaban J connectivity index is 2.36. The van der Waals surface area contributed by atoms with Crippen molar-refractivity contribution in [3.05, 3.63) is 29.8 Å². The molecule has 0 bridgehead atoms. The van der Waals surface area contributed by atoms with E-state index in [1.807, 2.05) is 6.92 Å². The molecule has 1 atom stereocenters. The summed E-state index contributed by atoms with van der Waals surface area (Å²) >= 11 is 0. The standard InChI is InChI=1S/C15H21NO3S/c1-12-8-10-13(11-9-12)20(18,19)15-7-5-3-2-4-6-14(15)16-17/h8-11,15,17H,2-7H2,1H3. The minimum atomic E-state index is -3.47. The van der Waals surface area contributed by atoms with Gasteiger partial charge in [-0.25, -0.2) is 8.42 Å². The first-order valence-corrected chi connectivity index (χ1v) is 8.61. The highest BCUT2D eigenvalue weighted by atomic mass is 32.2. The second-order valence-electron chi connectivity index (χ2n) is 5.39. The van der Waals surface area contributed by atoms with E-state index in [1.165, 1.54) is 0 Å². The molecular weight excluding hydrogens is 274 g/mol. The number of aryl methyl sites for hydroxylation is 1. The van der Waals surface area contributed by atoms with Crippen molar-refractivity contribution < 1.29 is 13.6 Å². The van der Waals surface area contributed by atoms with Crippen LogP contribution in [0.25, 0.3) is 0 Å². The van der Waals surface area contributed by atoms with Crippen molar-refractivity contribution in [3.63, 3.8) is 0 Å². The lowest BCUT2D eigenvalue weighted by molar-refractivity contribution is 0.315. The minimum absolute atomic E-state index is 0.315. The molecule has 0 spiro atoms. The lowest BCUT2D eigenvalue weighted by Gasteiger charge is -2.21. The summed E-state index contributed by atoms with van der Waals surface area (Å²) in [6, 6.07) is 6.87. The molecule has 4 nitrogen and oxygen atoms in total. The van der Waals surface area contributed by atoms with Crippen molar-refractivity contribution in [2.45, 2.75) is 55.6 Å². The third-order valence-electron chi connectivity index (χ3n) is 3.87. The molecule has 0 aromatic heterocycles. The number of oxime groups is 1. The Hall–Kier alpha value is -1.36. The average molecular weight is 295 g/mol. The van der Waals surface area contributed by atoms with Gasteiger partial charge in [-0.2, -0.15) is 0 Å². The van der Waals surface area contributed by atoms with E-state index in [1.54, 1.807) is 24.3 Å². The molecule has 1 saturated carbocycles. The Morgan fingerprint density at radius 1 is 1.10 bits per heavy atom. The summed E-state index contributed by atoms with van der Waals surface area (Å²) in [4.78, 5) is 0.315. The van der Waals surface area contributed by atoms with E-state index in [0.29, 0.717) is 23.4 Å². The molecule has 20 heavy (non-hydrogen) atoms. The van der Waals surface area contributed by atoms with Crippen molar-refractivity contribution in [2.24, 2.45) is 5.16 Å². The van der Waals surface area contributed by atoms with Gasteiger partial charge < -0.3 is 5.21 Å². The Morgan fingerprint density at radius 3 is 2.40 bits per heavy atom. The quantitative estimate of drug-likeness (QED) is 0.672. The van der Waals surface area contributed by atoms with E-state index in [-0.39, 0.29) is 0 Å². The Morgan fingerprint density at radius 2 is 1.75 bits per heavy atom. The van der Waals surface area contributed by atoms with Crippen LogP contribution >= 0.6 is 0 Å². The smallest absolute Gasteiger partial charge is 0.186 e. The van der Waals surface area contributed by atoms with Gasteiger partial charge >= 0.3 is 0 Å².